The van der Waals surface area contributed by atoms with Gasteiger partial charge < -0.3 is 9.90 Å². The van der Waals surface area contributed by atoms with Crippen molar-refractivity contribution in [2.24, 2.45) is 0 Å². The first-order valence-corrected chi connectivity index (χ1v) is 4.70. The van der Waals surface area contributed by atoms with Crippen LogP contribution in [0.25, 0.3) is 0 Å². The molecule has 4 nitrogen and oxygen atoms in total. The van der Waals surface area contributed by atoms with Crippen molar-refractivity contribution in [2.45, 2.75) is 26.7 Å². The summed E-state index contributed by atoms with van der Waals surface area (Å²) in [5, 5.41) is 8.36. The van der Waals surface area contributed by atoms with Crippen molar-refractivity contribution in [1.29, 1.82) is 0 Å². The predicted molar refractivity (Wildman–Crippen MR) is 56.8 cm³/mol. The molecule has 0 bridgehead atoms. The van der Waals surface area contributed by atoms with Crippen LogP contribution in [0.3, 0.4) is 0 Å². The van der Waals surface area contributed by atoms with Crippen LogP contribution in [-0.2, 0) is 4.79 Å². The summed E-state index contributed by atoms with van der Waals surface area (Å²) in [5.41, 5.74) is 0.269. The highest BCUT2D eigenvalue weighted by atomic mass is 16.4. The molecule has 1 N–H and O–H groups in total. The standard InChI is InChI=1S/C6H5NO2.C5H10O/c8-6(9)5-1-3-7-4-2-5;1-3-4-5(2)6/h1-4H,(H,8,9);3-4H2,1-2H3. The molecule has 0 fully saturated rings. The Labute approximate surface area is 89.0 Å². The van der Waals surface area contributed by atoms with Crippen LogP contribution in [0.4, 0.5) is 0 Å². The van der Waals surface area contributed by atoms with E-state index in [0.717, 1.165) is 12.8 Å². The molecule has 0 aromatic carbocycles. The van der Waals surface area contributed by atoms with Gasteiger partial charge in [-0.15, -0.1) is 0 Å². The molecule has 1 aromatic rings. The van der Waals surface area contributed by atoms with Crippen LogP contribution in [0.1, 0.15) is 37.0 Å². The zero-order valence-electron chi connectivity index (χ0n) is 8.93. The van der Waals surface area contributed by atoms with Gasteiger partial charge in [0.2, 0.25) is 0 Å². The Morgan fingerprint density at radius 2 is 1.87 bits per heavy atom. The van der Waals surface area contributed by atoms with Crippen LogP contribution in [0.5, 0.6) is 0 Å². The topological polar surface area (TPSA) is 67.3 Å². The van der Waals surface area contributed by atoms with Crippen LogP contribution in [-0.4, -0.2) is 21.8 Å². The average Bonchev–Trinajstić information content (AvgIpc) is 2.20. The van der Waals surface area contributed by atoms with Gasteiger partial charge in [0.05, 0.1) is 5.56 Å². The summed E-state index contributed by atoms with van der Waals surface area (Å²) < 4.78 is 0. The third-order valence-corrected chi connectivity index (χ3v) is 1.53. The maximum atomic E-state index is 10.2. The quantitative estimate of drug-likeness (QED) is 0.828. The molecule has 0 atom stereocenters. The molecule has 0 spiro atoms. The molecule has 15 heavy (non-hydrogen) atoms. The molecule has 0 aliphatic rings. The lowest BCUT2D eigenvalue weighted by atomic mass is 10.3. The number of ketones is 1. The molecule has 1 heterocycles. The Kier molecular flexibility index (Phi) is 6.80. The fraction of sp³-hybridized carbons (Fsp3) is 0.364. The van der Waals surface area contributed by atoms with Crippen molar-refractivity contribution >= 4 is 11.8 Å². The Balaban J connectivity index is 0.000000288. The number of pyridine rings is 1. The summed E-state index contributed by atoms with van der Waals surface area (Å²) in [4.78, 5) is 23.9. The Hall–Kier alpha value is -1.71. The molecule has 4 heteroatoms. The number of carboxylic acid groups (broad SMARTS) is 1. The molecular weight excluding hydrogens is 194 g/mol. The number of hydrogen-bond donors (Lipinski definition) is 1. The number of aromatic nitrogens is 1. The van der Waals surface area contributed by atoms with Crippen molar-refractivity contribution < 1.29 is 14.7 Å². The number of hydrogen-bond acceptors (Lipinski definition) is 3. The van der Waals surface area contributed by atoms with Crippen molar-refractivity contribution in [1.82, 2.24) is 4.98 Å². The number of aromatic carboxylic acids is 1. The summed E-state index contributed by atoms with van der Waals surface area (Å²) in [6.07, 6.45) is 4.61. The van der Waals surface area contributed by atoms with Crippen molar-refractivity contribution in [3.63, 3.8) is 0 Å². The van der Waals surface area contributed by atoms with Gasteiger partial charge in [-0.1, -0.05) is 6.92 Å². The van der Waals surface area contributed by atoms with E-state index in [0.29, 0.717) is 0 Å². The third kappa shape index (κ3) is 7.37. The highest BCUT2D eigenvalue weighted by molar-refractivity contribution is 5.87. The van der Waals surface area contributed by atoms with E-state index < -0.39 is 5.97 Å². The largest absolute Gasteiger partial charge is 0.478 e. The van der Waals surface area contributed by atoms with E-state index in [1.54, 1.807) is 6.92 Å². The van der Waals surface area contributed by atoms with Gasteiger partial charge in [-0.3, -0.25) is 4.98 Å². The number of carboxylic acids is 1. The monoisotopic (exact) mass is 209 g/mol. The highest BCUT2D eigenvalue weighted by Gasteiger charge is 1.97. The van der Waals surface area contributed by atoms with Crippen LogP contribution in [0.2, 0.25) is 0 Å². The van der Waals surface area contributed by atoms with Gasteiger partial charge in [0.15, 0.2) is 0 Å². The lowest BCUT2D eigenvalue weighted by Gasteiger charge is -1.87. The molecule has 0 amide bonds. The molecular formula is C11H15NO3. The third-order valence-electron chi connectivity index (χ3n) is 1.53. The van der Waals surface area contributed by atoms with Gasteiger partial charge in [0.25, 0.3) is 0 Å². The molecule has 0 unspecified atom stereocenters. The van der Waals surface area contributed by atoms with Gasteiger partial charge in [-0.2, -0.15) is 0 Å². The summed E-state index contributed by atoms with van der Waals surface area (Å²) in [7, 11) is 0. The molecule has 0 aliphatic carbocycles. The lowest BCUT2D eigenvalue weighted by Crippen LogP contribution is -1.94. The number of carbonyl (C=O) groups excluding carboxylic acids is 1. The summed E-state index contributed by atoms with van der Waals surface area (Å²) in [6, 6.07) is 2.89. The number of carbonyl (C=O) groups is 2. The molecule has 0 saturated carbocycles. The minimum atomic E-state index is -0.919. The van der Waals surface area contributed by atoms with E-state index in [4.69, 9.17) is 5.11 Å². The van der Waals surface area contributed by atoms with Crippen LogP contribution < -0.4 is 0 Å². The van der Waals surface area contributed by atoms with Gasteiger partial charge >= 0.3 is 5.97 Å². The van der Waals surface area contributed by atoms with Crippen LogP contribution >= 0.6 is 0 Å². The summed E-state index contributed by atoms with van der Waals surface area (Å²) in [5.74, 6) is -0.630. The molecule has 0 radical (unpaired) electrons. The van der Waals surface area contributed by atoms with Crippen LogP contribution in [0, 0.1) is 0 Å². The van der Waals surface area contributed by atoms with Gasteiger partial charge in [0.1, 0.15) is 5.78 Å². The molecule has 1 aromatic heterocycles. The first-order chi connectivity index (χ1) is 7.07. The fourth-order valence-electron chi connectivity index (χ4n) is 0.847. The zero-order valence-corrected chi connectivity index (χ0v) is 8.93. The summed E-state index contributed by atoms with van der Waals surface area (Å²) >= 11 is 0. The van der Waals surface area contributed by atoms with E-state index in [-0.39, 0.29) is 11.3 Å². The molecule has 1 rings (SSSR count). The molecule has 0 saturated heterocycles. The van der Waals surface area contributed by atoms with Crippen LogP contribution in [0.15, 0.2) is 24.5 Å². The number of Topliss-reactive ketones (excluding diaryl/α,β-unsaturated/α-hetero) is 1. The maximum absolute atomic E-state index is 10.2. The number of rotatable bonds is 3. The number of nitrogens with zero attached hydrogens (tertiary/aromatic N) is 1. The normalized spacial score (nSPS) is 8.67. The highest BCUT2D eigenvalue weighted by Crippen LogP contribution is 1.93. The van der Waals surface area contributed by atoms with E-state index in [1.807, 2.05) is 6.92 Å². The van der Waals surface area contributed by atoms with E-state index in [1.165, 1.54) is 24.5 Å². The lowest BCUT2D eigenvalue weighted by molar-refractivity contribution is -0.117. The van der Waals surface area contributed by atoms with E-state index in [9.17, 15) is 9.59 Å². The minimum Gasteiger partial charge on any atom is -0.478 e. The first kappa shape index (κ1) is 13.3. The van der Waals surface area contributed by atoms with E-state index >= 15 is 0 Å². The second-order valence-corrected chi connectivity index (χ2v) is 2.99. The van der Waals surface area contributed by atoms with Crippen molar-refractivity contribution in [2.75, 3.05) is 0 Å². The SMILES string of the molecule is CCCC(C)=O.O=C(O)c1ccncc1. The first-order valence-electron chi connectivity index (χ1n) is 4.70. The maximum Gasteiger partial charge on any atom is 0.335 e. The molecule has 82 valence electrons. The average molecular weight is 209 g/mol. The summed E-state index contributed by atoms with van der Waals surface area (Å²) in [6.45, 7) is 3.62. The fourth-order valence-corrected chi connectivity index (χ4v) is 0.847. The Morgan fingerprint density at radius 1 is 1.33 bits per heavy atom. The minimum absolute atomic E-state index is 0.269. The van der Waals surface area contributed by atoms with Crippen molar-refractivity contribution in [3.05, 3.63) is 30.1 Å². The second-order valence-electron chi connectivity index (χ2n) is 2.99. The Bertz CT molecular complexity index is 309. The van der Waals surface area contributed by atoms with Gasteiger partial charge in [-0.05, 0) is 25.5 Å². The van der Waals surface area contributed by atoms with Gasteiger partial charge in [-0.25, -0.2) is 4.79 Å². The van der Waals surface area contributed by atoms with Gasteiger partial charge in [0, 0.05) is 18.8 Å². The second kappa shape index (κ2) is 7.67. The zero-order chi connectivity index (χ0) is 11.7. The van der Waals surface area contributed by atoms with Crippen molar-refractivity contribution in [3.8, 4) is 0 Å². The van der Waals surface area contributed by atoms with E-state index in [2.05, 4.69) is 4.98 Å². The smallest absolute Gasteiger partial charge is 0.335 e. The molecule has 0 aliphatic heterocycles. The Morgan fingerprint density at radius 3 is 2.07 bits per heavy atom. The predicted octanol–water partition coefficient (Wildman–Crippen LogP) is 2.16.